The van der Waals surface area contributed by atoms with Crippen LogP contribution >= 0.6 is 23.7 Å². The molecule has 0 aliphatic carbocycles. The molecule has 0 aromatic carbocycles. The van der Waals surface area contributed by atoms with Gasteiger partial charge in [-0.2, -0.15) is 9.49 Å². The Bertz CT molecular complexity index is 522. The van der Waals surface area contributed by atoms with Gasteiger partial charge in [0.1, 0.15) is 5.82 Å². The molecule has 0 amide bonds. The van der Waals surface area contributed by atoms with Crippen LogP contribution in [0.1, 0.15) is 24.4 Å². The fraction of sp³-hybridized carbons (Fsp3) is 0.462. The van der Waals surface area contributed by atoms with Crippen LogP contribution in [-0.4, -0.2) is 9.78 Å². The summed E-state index contributed by atoms with van der Waals surface area (Å²) >= 11 is 1.16. The third-order valence-corrected chi connectivity index (χ3v) is 3.47. The zero-order valence-corrected chi connectivity index (χ0v) is 12.9. The van der Waals surface area contributed by atoms with Crippen LogP contribution in [0.3, 0.4) is 0 Å². The fourth-order valence-corrected chi connectivity index (χ4v) is 2.42. The van der Waals surface area contributed by atoms with Crippen LogP contribution < -0.4 is 5.32 Å². The number of hydrogen-bond acceptors (Lipinski definition) is 3. The minimum atomic E-state index is -0.145. The van der Waals surface area contributed by atoms with Crippen molar-refractivity contribution in [2.45, 2.75) is 33.9 Å². The minimum absolute atomic E-state index is 0. The Kier molecular flexibility index (Phi) is 5.82. The first-order valence-corrected chi connectivity index (χ1v) is 6.89. The number of halogens is 2. The number of thiophene rings is 1. The van der Waals surface area contributed by atoms with E-state index < -0.39 is 0 Å². The van der Waals surface area contributed by atoms with Gasteiger partial charge in [0.15, 0.2) is 5.13 Å². The molecule has 19 heavy (non-hydrogen) atoms. The third-order valence-electron chi connectivity index (χ3n) is 2.59. The molecular weight excluding hydrogens is 285 g/mol. The van der Waals surface area contributed by atoms with Gasteiger partial charge in [-0.1, -0.05) is 13.8 Å². The van der Waals surface area contributed by atoms with Crippen molar-refractivity contribution in [3.8, 4) is 0 Å². The van der Waals surface area contributed by atoms with Gasteiger partial charge in [-0.25, -0.2) is 0 Å². The van der Waals surface area contributed by atoms with E-state index in [0.717, 1.165) is 34.3 Å². The Morgan fingerprint density at radius 2 is 2.16 bits per heavy atom. The fourth-order valence-electron chi connectivity index (χ4n) is 1.75. The van der Waals surface area contributed by atoms with Crippen LogP contribution in [0.15, 0.2) is 18.2 Å². The van der Waals surface area contributed by atoms with E-state index in [-0.39, 0.29) is 17.5 Å². The van der Waals surface area contributed by atoms with Crippen molar-refractivity contribution in [1.82, 2.24) is 9.78 Å². The molecule has 0 aliphatic rings. The van der Waals surface area contributed by atoms with Gasteiger partial charge in [-0.05, 0) is 25.0 Å². The average Bonchev–Trinajstić information content (AvgIpc) is 2.83. The largest absolute Gasteiger partial charge is 0.364 e. The molecule has 0 unspecified atom stereocenters. The standard InChI is InChI=1S/C13H18FN3S.ClH/c1-9(2)8-17-10(3)6-13(16-17)15-7-11-4-5-12(14)18-11;/h4-6,9H,7-8H2,1-3H3,(H,15,16);1H. The average molecular weight is 304 g/mol. The number of aryl methyl sites for hydroxylation is 1. The van der Waals surface area contributed by atoms with Gasteiger partial charge < -0.3 is 5.32 Å². The second kappa shape index (κ2) is 6.91. The van der Waals surface area contributed by atoms with Crippen molar-refractivity contribution in [2.24, 2.45) is 5.92 Å². The van der Waals surface area contributed by atoms with Crippen LogP contribution in [0.5, 0.6) is 0 Å². The van der Waals surface area contributed by atoms with Crippen LogP contribution in [-0.2, 0) is 13.1 Å². The van der Waals surface area contributed by atoms with E-state index in [1.54, 1.807) is 6.07 Å². The lowest BCUT2D eigenvalue weighted by molar-refractivity contribution is 0.475. The van der Waals surface area contributed by atoms with Gasteiger partial charge in [-0.3, -0.25) is 4.68 Å². The summed E-state index contributed by atoms with van der Waals surface area (Å²) < 4.78 is 14.8. The monoisotopic (exact) mass is 303 g/mol. The predicted octanol–water partition coefficient (Wildman–Crippen LogP) is 4.08. The van der Waals surface area contributed by atoms with Gasteiger partial charge in [0, 0.05) is 23.2 Å². The van der Waals surface area contributed by atoms with Gasteiger partial charge in [-0.15, -0.1) is 23.7 Å². The molecule has 0 aliphatic heterocycles. The molecule has 0 radical (unpaired) electrons. The quantitative estimate of drug-likeness (QED) is 0.902. The maximum atomic E-state index is 12.8. The summed E-state index contributed by atoms with van der Waals surface area (Å²) in [5.74, 6) is 1.42. The summed E-state index contributed by atoms with van der Waals surface area (Å²) in [6.07, 6.45) is 0. The van der Waals surface area contributed by atoms with Crippen LogP contribution in [0.25, 0.3) is 0 Å². The molecule has 2 aromatic heterocycles. The molecule has 3 nitrogen and oxygen atoms in total. The Morgan fingerprint density at radius 1 is 1.42 bits per heavy atom. The molecule has 0 saturated carbocycles. The molecule has 0 fully saturated rings. The first-order valence-electron chi connectivity index (χ1n) is 6.07. The normalized spacial score (nSPS) is 10.6. The number of anilines is 1. The molecule has 0 spiro atoms. The summed E-state index contributed by atoms with van der Waals surface area (Å²) in [5, 5.41) is 7.56. The highest BCUT2D eigenvalue weighted by molar-refractivity contribution is 7.10. The Labute approximate surface area is 123 Å². The predicted molar refractivity (Wildman–Crippen MR) is 80.7 cm³/mol. The number of nitrogens with zero attached hydrogens (tertiary/aromatic N) is 2. The second-order valence-electron chi connectivity index (χ2n) is 4.81. The zero-order chi connectivity index (χ0) is 13.1. The van der Waals surface area contributed by atoms with Crippen molar-refractivity contribution in [3.05, 3.63) is 33.9 Å². The molecule has 106 valence electrons. The molecule has 2 aromatic rings. The molecule has 1 N–H and O–H groups in total. The lowest BCUT2D eigenvalue weighted by Crippen LogP contribution is -2.08. The highest BCUT2D eigenvalue weighted by Crippen LogP contribution is 2.17. The number of rotatable bonds is 5. The van der Waals surface area contributed by atoms with E-state index in [4.69, 9.17) is 0 Å². The number of nitrogens with one attached hydrogen (secondary N) is 1. The summed E-state index contributed by atoms with van der Waals surface area (Å²) in [4.78, 5) is 0.976. The summed E-state index contributed by atoms with van der Waals surface area (Å²) in [5.41, 5.74) is 1.14. The first-order chi connectivity index (χ1) is 8.54. The van der Waals surface area contributed by atoms with Gasteiger partial charge in [0.05, 0.1) is 6.54 Å². The molecule has 2 heterocycles. The lowest BCUT2D eigenvalue weighted by atomic mass is 10.2. The van der Waals surface area contributed by atoms with E-state index in [9.17, 15) is 4.39 Å². The van der Waals surface area contributed by atoms with Crippen molar-refractivity contribution in [2.75, 3.05) is 5.32 Å². The summed E-state index contributed by atoms with van der Waals surface area (Å²) in [6.45, 7) is 7.92. The molecule has 0 atom stereocenters. The number of hydrogen-bond donors (Lipinski definition) is 1. The maximum Gasteiger partial charge on any atom is 0.176 e. The highest BCUT2D eigenvalue weighted by Gasteiger charge is 2.06. The first kappa shape index (κ1) is 16.0. The van der Waals surface area contributed by atoms with E-state index in [1.165, 1.54) is 6.07 Å². The van der Waals surface area contributed by atoms with Crippen molar-refractivity contribution < 1.29 is 4.39 Å². The Morgan fingerprint density at radius 3 is 2.74 bits per heavy atom. The number of aromatic nitrogens is 2. The van der Waals surface area contributed by atoms with Crippen LogP contribution in [0, 0.1) is 18.0 Å². The summed E-state index contributed by atoms with van der Waals surface area (Å²) in [7, 11) is 0. The van der Waals surface area contributed by atoms with Crippen LogP contribution in [0.4, 0.5) is 10.2 Å². The van der Waals surface area contributed by atoms with Crippen molar-refractivity contribution in [3.63, 3.8) is 0 Å². The van der Waals surface area contributed by atoms with E-state index in [1.807, 2.05) is 17.7 Å². The maximum absolute atomic E-state index is 12.8. The van der Waals surface area contributed by atoms with Crippen molar-refractivity contribution in [1.29, 1.82) is 0 Å². The zero-order valence-electron chi connectivity index (χ0n) is 11.3. The van der Waals surface area contributed by atoms with Gasteiger partial charge in [0.25, 0.3) is 0 Å². The van der Waals surface area contributed by atoms with Crippen molar-refractivity contribution >= 4 is 29.6 Å². The van der Waals surface area contributed by atoms with Crippen LogP contribution in [0.2, 0.25) is 0 Å². The Hall–Kier alpha value is -1.07. The van der Waals surface area contributed by atoms with Gasteiger partial charge >= 0.3 is 0 Å². The minimum Gasteiger partial charge on any atom is -0.364 e. The lowest BCUT2D eigenvalue weighted by Gasteiger charge is -2.06. The molecule has 2 rings (SSSR count). The molecule has 0 saturated heterocycles. The summed E-state index contributed by atoms with van der Waals surface area (Å²) in [6, 6.07) is 5.31. The Balaban J connectivity index is 0.00000180. The molecule has 6 heteroatoms. The molecular formula is C13H19ClFN3S. The third kappa shape index (κ3) is 4.51. The molecule has 0 bridgehead atoms. The topological polar surface area (TPSA) is 29.9 Å². The smallest absolute Gasteiger partial charge is 0.176 e. The van der Waals surface area contributed by atoms with E-state index in [0.29, 0.717) is 12.5 Å². The van der Waals surface area contributed by atoms with Gasteiger partial charge in [0.2, 0.25) is 0 Å². The second-order valence-corrected chi connectivity index (χ2v) is 5.92. The SMILES string of the molecule is Cc1cc(NCc2ccc(F)s2)nn1CC(C)C.Cl. The van der Waals surface area contributed by atoms with E-state index in [2.05, 4.69) is 24.3 Å². The highest BCUT2D eigenvalue weighted by atomic mass is 35.5. The van der Waals surface area contributed by atoms with E-state index >= 15 is 0 Å².